The van der Waals surface area contributed by atoms with E-state index in [9.17, 15) is 0 Å². The highest BCUT2D eigenvalue weighted by Crippen LogP contribution is 2.01. The van der Waals surface area contributed by atoms with Crippen LogP contribution in [-0.2, 0) is 4.74 Å². The van der Waals surface area contributed by atoms with E-state index in [1.54, 1.807) is 7.11 Å². The minimum absolute atomic E-state index is 0.790. The first-order chi connectivity index (χ1) is 7.74. The Morgan fingerprint density at radius 1 is 1.31 bits per heavy atom. The Morgan fingerprint density at radius 2 is 2.12 bits per heavy atom. The maximum absolute atomic E-state index is 5.38. The number of ether oxygens (including phenoxy) is 1. The molecule has 0 aromatic carbocycles. The van der Waals surface area contributed by atoms with Crippen molar-refractivity contribution in [1.82, 2.24) is 15.1 Å². The Kier molecular flexibility index (Phi) is 6.68. The number of nitrogens with one attached hydrogen (secondary N) is 1. The van der Waals surface area contributed by atoms with E-state index in [4.69, 9.17) is 17.0 Å². The van der Waals surface area contributed by atoms with Gasteiger partial charge in [0.15, 0.2) is 5.11 Å². The van der Waals surface area contributed by atoms with Crippen molar-refractivity contribution in [2.75, 3.05) is 53.5 Å². The SMILES string of the molecule is COCCCNC(=S)N1CCCN(C)CC1. The van der Waals surface area contributed by atoms with Crippen LogP contribution in [0.5, 0.6) is 0 Å². The molecule has 1 aliphatic rings. The van der Waals surface area contributed by atoms with Crippen molar-refractivity contribution < 1.29 is 4.74 Å². The molecule has 0 unspecified atom stereocenters. The highest BCUT2D eigenvalue weighted by Gasteiger charge is 2.13. The smallest absolute Gasteiger partial charge is 0.168 e. The number of hydrogen-bond acceptors (Lipinski definition) is 3. The summed E-state index contributed by atoms with van der Waals surface area (Å²) < 4.78 is 5.00. The van der Waals surface area contributed by atoms with E-state index in [0.29, 0.717) is 0 Å². The first kappa shape index (κ1) is 13.7. The van der Waals surface area contributed by atoms with Crippen molar-refractivity contribution in [3.63, 3.8) is 0 Å². The Balaban J connectivity index is 2.19. The van der Waals surface area contributed by atoms with Gasteiger partial charge in [0.1, 0.15) is 0 Å². The summed E-state index contributed by atoms with van der Waals surface area (Å²) in [6, 6.07) is 0. The summed E-state index contributed by atoms with van der Waals surface area (Å²) in [6.07, 6.45) is 2.20. The third-order valence-electron chi connectivity index (χ3n) is 2.81. The Labute approximate surface area is 104 Å². The molecular formula is C11H23N3OS. The van der Waals surface area contributed by atoms with Crippen molar-refractivity contribution in [3.05, 3.63) is 0 Å². The molecule has 1 saturated heterocycles. The monoisotopic (exact) mass is 245 g/mol. The largest absolute Gasteiger partial charge is 0.385 e. The molecule has 0 atom stereocenters. The molecule has 16 heavy (non-hydrogen) atoms. The number of thiocarbonyl (C=S) groups is 1. The van der Waals surface area contributed by atoms with Crippen molar-refractivity contribution in [2.24, 2.45) is 0 Å². The molecule has 0 amide bonds. The molecule has 94 valence electrons. The normalized spacial score (nSPS) is 18.2. The Morgan fingerprint density at radius 3 is 2.88 bits per heavy atom. The predicted molar refractivity (Wildman–Crippen MR) is 70.8 cm³/mol. The van der Waals surface area contributed by atoms with Gasteiger partial charge in [-0.25, -0.2) is 0 Å². The second kappa shape index (κ2) is 7.81. The molecular weight excluding hydrogens is 222 g/mol. The van der Waals surface area contributed by atoms with E-state index < -0.39 is 0 Å². The highest BCUT2D eigenvalue weighted by atomic mass is 32.1. The third kappa shape index (κ3) is 5.09. The van der Waals surface area contributed by atoms with Crippen LogP contribution in [0.4, 0.5) is 0 Å². The van der Waals surface area contributed by atoms with Crippen LogP contribution in [0, 0.1) is 0 Å². The maximum Gasteiger partial charge on any atom is 0.168 e. The molecule has 0 aromatic heterocycles. The molecule has 5 heteroatoms. The topological polar surface area (TPSA) is 27.7 Å². The molecule has 0 spiro atoms. The minimum atomic E-state index is 0.790. The van der Waals surface area contributed by atoms with Crippen LogP contribution in [-0.4, -0.2) is 68.4 Å². The van der Waals surface area contributed by atoms with Gasteiger partial charge in [-0.05, 0) is 38.7 Å². The van der Waals surface area contributed by atoms with Crippen LogP contribution >= 0.6 is 12.2 Å². The molecule has 1 fully saturated rings. The van der Waals surface area contributed by atoms with Gasteiger partial charge in [-0.2, -0.15) is 0 Å². The summed E-state index contributed by atoms with van der Waals surface area (Å²) in [7, 11) is 3.89. The zero-order chi connectivity index (χ0) is 11.8. The van der Waals surface area contributed by atoms with E-state index in [-0.39, 0.29) is 0 Å². The van der Waals surface area contributed by atoms with E-state index in [1.807, 2.05) is 0 Å². The van der Waals surface area contributed by atoms with Crippen LogP contribution in [0.1, 0.15) is 12.8 Å². The van der Waals surface area contributed by atoms with Crippen LogP contribution < -0.4 is 5.32 Å². The van der Waals surface area contributed by atoms with Crippen molar-refractivity contribution in [2.45, 2.75) is 12.8 Å². The lowest BCUT2D eigenvalue weighted by molar-refractivity contribution is 0.195. The van der Waals surface area contributed by atoms with E-state index in [0.717, 1.165) is 44.3 Å². The molecule has 4 nitrogen and oxygen atoms in total. The fourth-order valence-corrected chi connectivity index (χ4v) is 2.06. The fourth-order valence-electron chi connectivity index (χ4n) is 1.77. The lowest BCUT2D eigenvalue weighted by atomic mass is 10.4. The number of nitrogens with zero attached hydrogens (tertiary/aromatic N) is 2. The first-order valence-electron chi connectivity index (χ1n) is 5.94. The van der Waals surface area contributed by atoms with Crippen LogP contribution in [0.3, 0.4) is 0 Å². The minimum Gasteiger partial charge on any atom is -0.385 e. The molecule has 0 radical (unpaired) electrons. The summed E-state index contributed by atoms with van der Waals surface area (Å²) in [5.74, 6) is 0. The van der Waals surface area contributed by atoms with Gasteiger partial charge in [0.2, 0.25) is 0 Å². The Hall–Kier alpha value is -0.390. The van der Waals surface area contributed by atoms with Crippen molar-refractivity contribution >= 4 is 17.3 Å². The van der Waals surface area contributed by atoms with Gasteiger partial charge in [-0.15, -0.1) is 0 Å². The summed E-state index contributed by atoms with van der Waals surface area (Å²) >= 11 is 5.38. The van der Waals surface area contributed by atoms with Gasteiger partial charge in [-0.3, -0.25) is 0 Å². The lowest BCUT2D eigenvalue weighted by Crippen LogP contribution is -2.42. The lowest BCUT2D eigenvalue weighted by Gasteiger charge is -2.24. The van der Waals surface area contributed by atoms with Crippen LogP contribution in [0.15, 0.2) is 0 Å². The number of likely N-dealkylation sites (N-methyl/N-ethyl adjacent to an activating group) is 1. The van der Waals surface area contributed by atoms with Gasteiger partial charge < -0.3 is 19.9 Å². The second-order valence-electron chi connectivity index (χ2n) is 4.22. The maximum atomic E-state index is 5.38. The predicted octanol–water partition coefficient (Wildman–Crippen LogP) is 0.535. The summed E-state index contributed by atoms with van der Waals surface area (Å²) in [5.41, 5.74) is 0. The van der Waals surface area contributed by atoms with Crippen LogP contribution in [0.25, 0.3) is 0 Å². The molecule has 0 saturated carbocycles. The molecule has 1 rings (SSSR count). The first-order valence-corrected chi connectivity index (χ1v) is 6.35. The molecule has 0 bridgehead atoms. The van der Waals surface area contributed by atoms with Gasteiger partial charge in [-0.1, -0.05) is 0 Å². The highest BCUT2D eigenvalue weighted by molar-refractivity contribution is 7.80. The zero-order valence-corrected chi connectivity index (χ0v) is 11.2. The summed E-state index contributed by atoms with van der Waals surface area (Å²) in [6.45, 7) is 6.06. The van der Waals surface area contributed by atoms with E-state index in [1.165, 1.54) is 13.0 Å². The van der Waals surface area contributed by atoms with Crippen LogP contribution in [0.2, 0.25) is 0 Å². The molecule has 1 N–H and O–H groups in total. The van der Waals surface area contributed by atoms with E-state index >= 15 is 0 Å². The summed E-state index contributed by atoms with van der Waals surface area (Å²) in [5, 5.41) is 4.18. The standard InChI is InChI=1S/C11H23N3OS/c1-13-6-4-7-14(9-8-13)11(16)12-5-3-10-15-2/h3-10H2,1-2H3,(H,12,16). The zero-order valence-electron chi connectivity index (χ0n) is 10.4. The van der Waals surface area contributed by atoms with Gasteiger partial charge in [0.05, 0.1) is 0 Å². The number of rotatable bonds is 4. The van der Waals surface area contributed by atoms with Gasteiger partial charge >= 0.3 is 0 Å². The average molecular weight is 245 g/mol. The number of hydrogen-bond donors (Lipinski definition) is 1. The summed E-state index contributed by atoms with van der Waals surface area (Å²) in [4.78, 5) is 4.62. The van der Waals surface area contributed by atoms with Gasteiger partial charge in [0.25, 0.3) is 0 Å². The third-order valence-corrected chi connectivity index (χ3v) is 3.21. The second-order valence-corrected chi connectivity index (χ2v) is 4.61. The van der Waals surface area contributed by atoms with Gasteiger partial charge in [0, 0.05) is 39.9 Å². The number of methoxy groups -OCH3 is 1. The van der Waals surface area contributed by atoms with Crippen molar-refractivity contribution in [1.29, 1.82) is 0 Å². The fraction of sp³-hybridized carbons (Fsp3) is 0.909. The Bertz CT molecular complexity index is 213. The molecule has 1 heterocycles. The molecule has 0 aliphatic carbocycles. The van der Waals surface area contributed by atoms with E-state index in [2.05, 4.69) is 22.2 Å². The molecule has 1 aliphatic heterocycles. The quantitative estimate of drug-likeness (QED) is 0.576. The molecule has 0 aromatic rings. The average Bonchev–Trinajstić information content (AvgIpc) is 2.49. The van der Waals surface area contributed by atoms with Crippen molar-refractivity contribution in [3.8, 4) is 0 Å².